The van der Waals surface area contributed by atoms with E-state index in [-0.39, 0.29) is 24.3 Å². The minimum atomic E-state index is -0.308. The van der Waals surface area contributed by atoms with Crippen LogP contribution in [-0.4, -0.2) is 47.7 Å². The van der Waals surface area contributed by atoms with Gasteiger partial charge in [0.15, 0.2) is 0 Å². The van der Waals surface area contributed by atoms with E-state index in [1.54, 1.807) is 47.4 Å². The summed E-state index contributed by atoms with van der Waals surface area (Å²) in [6, 6.07) is 12.0. The molecule has 2 aliphatic rings. The Bertz CT molecular complexity index is 883. The smallest absolute Gasteiger partial charge is 0.261 e. The lowest BCUT2D eigenvalue weighted by atomic mass is 10.1. The van der Waals surface area contributed by atoms with Crippen LogP contribution < -0.4 is 4.74 Å². The summed E-state index contributed by atoms with van der Waals surface area (Å²) in [6.45, 7) is 1.60. The topological polar surface area (TPSA) is 66.9 Å². The lowest BCUT2D eigenvalue weighted by Gasteiger charge is -2.31. The number of methoxy groups -OCH3 is 1. The largest absolute Gasteiger partial charge is 0.496 e. The van der Waals surface area contributed by atoms with Crippen molar-refractivity contribution in [3.8, 4) is 5.75 Å². The van der Waals surface area contributed by atoms with Crippen molar-refractivity contribution in [2.24, 2.45) is 0 Å². The first-order chi connectivity index (χ1) is 12.6. The minimum absolute atomic E-state index is 0.0858. The number of hydrogen-bond donors (Lipinski definition) is 0. The molecule has 3 amide bonds. The zero-order chi connectivity index (χ0) is 18.3. The fraction of sp³-hybridized carbons (Fsp3) is 0.250. The number of fused-ring (bicyclic) bond motifs is 1. The molecule has 1 saturated heterocycles. The highest BCUT2D eigenvalue weighted by Crippen LogP contribution is 2.27. The normalized spacial score (nSPS) is 15.7. The second-order valence-corrected chi connectivity index (χ2v) is 6.42. The molecule has 1 fully saturated rings. The SMILES string of the molecule is COc1ccc(CN2C(=O)c3ccccc3C2=O)cc1C(=O)N1CCC1. The predicted octanol–water partition coefficient (Wildman–Crippen LogP) is 2.34. The molecule has 0 bridgehead atoms. The second-order valence-electron chi connectivity index (χ2n) is 6.42. The van der Waals surface area contributed by atoms with E-state index >= 15 is 0 Å². The number of carbonyl (C=O) groups excluding carboxylic acids is 3. The zero-order valence-electron chi connectivity index (χ0n) is 14.4. The van der Waals surface area contributed by atoms with E-state index in [9.17, 15) is 14.4 Å². The summed E-state index contributed by atoms with van der Waals surface area (Å²) in [7, 11) is 1.52. The van der Waals surface area contributed by atoms with Crippen LogP contribution in [0.2, 0.25) is 0 Å². The van der Waals surface area contributed by atoms with Crippen LogP contribution in [-0.2, 0) is 6.54 Å². The Labute approximate surface area is 151 Å². The van der Waals surface area contributed by atoms with Gasteiger partial charge >= 0.3 is 0 Å². The Hall–Kier alpha value is -3.15. The number of benzene rings is 2. The maximum atomic E-state index is 12.6. The van der Waals surface area contributed by atoms with E-state index in [1.165, 1.54) is 12.0 Å². The Kier molecular flexibility index (Phi) is 3.95. The molecular weight excluding hydrogens is 332 g/mol. The molecule has 0 aliphatic carbocycles. The van der Waals surface area contributed by atoms with Crippen LogP contribution in [0, 0.1) is 0 Å². The second kappa shape index (κ2) is 6.29. The van der Waals surface area contributed by atoms with Gasteiger partial charge in [0.25, 0.3) is 17.7 Å². The van der Waals surface area contributed by atoms with Gasteiger partial charge in [0, 0.05) is 13.1 Å². The lowest BCUT2D eigenvalue weighted by Crippen LogP contribution is -2.42. The highest BCUT2D eigenvalue weighted by Gasteiger charge is 2.35. The molecule has 2 heterocycles. The molecule has 0 aromatic heterocycles. The van der Waals surface area contributed by atoms with Gasteiger partial charge in [0.05, 0.1) is 30.3 Å². The molecule has 6 heteroatoms. The van der Waals surface area contributed by atoms with Gasteiger partial charge in [0.1, 0.15) is 5.75 Å². The van der Waals surface area contributed by atoms with Crippen LogP contribution in [0.25, 0.3) is 0 Å². The van der Waals surface area contributed by atoms with Gasteiger partial charge in [-0.15, -0.1) is 0 Å². The molecule has 2 aliphatic heterocycles. The van der Waals surface area contributed by atoms with Crippen LogP contribution in [0.1, 0.15) is 43.1 Å². The maximum Gasteiger partial charge on any atom is 0.261 e. The molecular formula is C20H18N2O4. The fourth-order valence-electron chi connectivity index (χ4n) is 3.28. The van der Waals surface area contributed by atoms with E-state index in [1.807, 2.05) is 0 Å². The molecule has 2 aromatic rings. The first-order valence-electron chi connectivity index (χ1n) is 8.51. The van der Waals surface area contributed by atoms with Gasteiger partial charge in [-0.1, -0.05) is 18.2 Å². The summed E-state index contributed by atoms with van der Waals surface area (Å²) in [5.41, 5.74) is 2.01. The Balaban J connectivity index is 1.62. The van der Waals surface area contributed by atoms with Crippen LogP contribution in [0.15, 0.2) is 42.5 Å². The van der Waals surface area contributed by atoms with Crippen LogP contribution in [0.3, 0.4) is 0 Å². The van der Waals surface area contributed by atoms with Crippen LogP contribution in [0.5, 0.6) is 5.75 Å². The summed E-state index contributed by atoms with van der Waals surface area (Å²) in [5, 5.41) is 0. The van der Waals surface area contributed by atoms with Gasteiger partial charge < -0.3 is 9.64 Å². The number of amides is 3. The summed E-state index contributed by atoms with van der Waals surface area (Å²) in [6.07, 6.45) is 1.00. The molecule has 2 aromatic carbocycles. The molecule has 0 saturated carbocycles. The maximum absolute atomic E-state index is 12.6. The van der Waals surface area contributed by atoms with Crippen LogP contribution in [0.4, 0.5) is 0 Å². The van der Waals surface area contributed by atoms with Crippen molar-refractivity contribution in [2.45, 2.75) is 13.0 Å². The number of carbonyl (C=O) groups is 3. The van der Waals surface area contributed by atoms with Gasteiger partial charge in [0.2, 0.25) is 0 Å². The zero-order valence-corrected chi connectivity index (χ0v) is 14.4. The van der Waals surface area contributed by atoms with Crippen LogP contribution >= 0.6 is 0 Å². The van der Waals surface area contributed by atoms with Gasteiger partial charge in [-0.3, -0.25) is 19.3 Å². The third-order valence-electron chi connectivity index (χ3n) is 4.86. The minimum Gasteiger partial charge on any atom is -0.496 e. The van der Waals surface area contributed by atoms with Gasteiger partial charge in [-0.05, 0) is 36.2 Å². The van der Waals surface area contributed by atoms with Crippen molar-refractivity contribution in [3.05, 3.63) is 64.7 Å². The van der Waals surface area contributed by atoms with Crippen molar-refractivity contribution < 1.29 is 19.1 Å². The van der Waals surface area contributed by atoms with E-state index in [4.69, 9.17) is 4.74 Å². The Morgan fingerprint density at radius 1 is 1.04 bits per heavy atom. The molecule has 6 nitrogen and oxygen atoms in total. The molecule has 0 atom stereocenters. The number of rotatable bonds is 4. The molecule has 0 unspecified atom stereocenters. The monoisotopic (exact) mass is 350 g/mol. The number of hydrogen-bond acceptors (Lipinski definition) is 4. The molecule has 132 valence electrons. The average Bonchev–Trinajstić information content (AvgIpc) is 2.85. The Morgan fingerprint density at radius 3 is 2.23 bits per heavy atom. The summed E-state index contributed by atoms with van der Waals surface area (Å²) in [4.78, 5) is 40.6. The number of nitrogens with zero attached hydrogens (tertiary/aromatic N) is 2. The summed E-state index contributed by atoms with van der Waals surface area (Å²) >= 11 is 0. The standard InChI is InChI=1S/C20H18N2O4/c1-26-17-8-7-13(11-16(17)18(23)21-9-4-10-21)12-22-19(24)14-5-2-3-6-15(14)20(22)25/h2-3,5-8,11H,4,9-10,12H2,1H3. The highest BCUT2D eigenvalue weighted by molar-refractivity contribution is 6.21. The lowest BCUT2D eigenvalue weighted by molar-refractivity contribution is 0.0639. The first kappa shape index (κ1) is 16.3. The van der Waals surface area contributed by atoms with E-state index in [2.05, 4.69) is 0 Å². The fourth-order valence-corrected chi connectivity index (χ4v) is 3.28. The van der Waals surface area contributed by atoms with Crippen molar-refractivity contribution in [1.29, 1.82) is 0 Å². The van der Waals surface area contributed by atoms with E-state index < -0.39 is 0 Å². The van der Waals surface area contributed by atoms with E-state index in [0.717, 1.165) is 19.5 Å². The third-order valence-corrected chi connectivity index (χ3v) is 4.86. The predicted molar refractivity (Wildman–Crippen MR) is 94.2 cm³/mol. The number of imide groups is 1. The summed E-state index contributed by atoms with van der Waals surface area (Å²) < 4.78 is 5.31. The molecule has 0 radical (unpaired) electrons. The molecule has 0 spiro atoms. The van der Waals surface area contributed by atoms with Crippen molar-refractivity contribution in [2.75, 3.05) is 20.2 Å². The third kappa shape index (κ3) is 2.54. The van der Waals surface area contributed by atoms with E-state index in [0.29, 0.717) is 28.0 Å². The summed E-state index contributed by atoms with van der Waals surface area (Å²) in [5.74, 6) is -0.209. The highest BCUT2D eigenvalue weighted by atomic mass is 16.5. The molecule has 26 heavy (non-hydrogen) atoms. The molecule has 0 N–H and O–H groups in total. The molecule has 4 rings (SSSR count). The van der Waals surface area contributed by atoms with Crippen molar-refractivity contribution >= 4 is 17.7 Å². The first-order valence-corrected chi connectivity index (χ1v) is 8.51. The van der Waals surface area contributed by atoms with Crippen molar-refractivity contribution in [1.82, 2.24) is 9.80 Å². The van der Waals surface area contributed by atoms with Gasteiger partial charge in [-0.2, -0.15) is 0 Å². The van der Waals surface area contributed by atoms with Gasteiger partial charge in [-0.25, -0.2) is 0 Å². The quantitative estimate of drug-likeness (QED) is 0.794. The average molecular weight is 350 g/mol. The van der Waals surface area contributed by atoms with Crippen molar-refractivity contribution in [3.63, 3.8) is 0 Å². The number of ether oxygens (including phenoxy) is 1. The number of likely N-dealkylation sites (tertiary alicyclic amines) is 1. The Morgan fingerprint density at radius 2 is 1.69 bits per heavy atom.